The molecule has 2 nitrogen and oxygen atoms in total. The maximum atomic E-state index is 5.25. The minimum absolute atomic E-state index is 0.434. The molecule has 0 unspecified atom stereocenters. The number of para-hydroxylation sites is 1. The molecule has 0 radical (unpaired) electrons. The molecular formula is C48H36N2. The Bertz CT molecular complexity index is 2640. The summed E-state index contributed by atoms with van der Waals surface area (Å²) in [5, 5.41) is 5.07. The monoisotopic (exact) mass is 640 g/mol. The van der Waals surface area contributed by atoms with Crippen LogP contribution in [0.3, 0.4) is 0 Å². The smallest absolute Gasteiger partial charge is 0.145 e. The summed E-state index contributed by atoms with van der Waals surface area (Å²) < 4.78 is 2.27. The number of hydrogen-bond donors (Lipinski definition) is 0. The average molecular weight is 641 g/mol. The van der Waals surface area contributed by atoms with E-state index in [1.165, 1.54) is 54.9 Å². The summed E-state index contributed by atoms with van der Waals surface area (Å²) in [7, 11) is 0. The maximum absolute atomic E-state index is 5.25. The van der Waals surface area contributed by atoms with Crippen molar-refractivity contribution in [2.45, 2.75) is 19.8 Å². The van der Waals surface area contributed by atoms with E-state index < -0.39 is 0 Å². The second kappa shape index (κ2) is 12.3. The molecule has 2 heteroatoms. The second-order valence-corrected chi connectivity index (χ2v) is 13.4. The molecule has 0 N–H and O–H groups in total. The Morgan fingerprint density at radius 2 is 0.920 bits per heavy atom. The van der Waals surface area contributed by atoms with Gasteiger partial charge in [-0.15, -0.1) is 0 Å². The van der Waals surface area contributed by atoms with Gasteiger partial charge in [0, 0.05) is 11.3 Å². The molecule has 9 aromatic rings. The number of nitrogens with zero attached hydrogens (tertiary/aromatic N) is 2. The number of rotatable bonds is 6. The number of fused-ring (bicyclic) bond motifs is 3. The summed E-state index contributed by atoms with van der Waals surface area (Å²) >= 11 is 0. The fourth-order valence-electron chi connectivity index (χ4n) is 7.50. The molecule has 0 saturated carbocycles. The Hall–Kier alpha value is -6.25. The summed E-state index contributed by atoms with van der Waals surface area (Å²) in [6.07, 6.45) is 0. The first-order chi connectivity index (χ1) is 24.6. The quantitative estimate of drug-likeness (QED) is 0.165. The highest BCUT2D eigenvalue weighted by Gasteiger charge is 2.20. The van der Waals surface area contributed by atoms with E-state index in [4.69, 9.17) is 4.98 Å². The number of imidazole rings is 1. The lowest BCUT2D eigenvalue weighted by Gasteiger charge is -2.20. The Morgan fingerprint density at radius 3 is 1.52 bits per heavy atom. The Morgan fingerprint density at radius 1 is 0.420 bits per heavy atom. The zero-order chi connectivity index (χ0) is 33.6. The van der Waals surface area contributed by atoms with Gasteiger partial charge in [0.1, 0.15) is 5.82 Å². The third-order valence-corrected chi connectivity index (χ3v) is 9.97. The van der Waals surface area contributed by atoms with Gasteiger partial charge < -0.3 is 0 Å². The molecule has 0 spiro atoms. The fraction of sp³-hybridized carbons (Fsp3) is 0.0625. The topological polar surface area (TPSA) is 17.8 Å². The molecule has 238 valence electrons. The summed E-state index contributed by atoms with van der Waals surface area (Å²) in [5.41, 5.74) is 12.9. The predicted octanol–water partition coefficient (Wildman–Crippen LogP) is 13.1. The van der Waals surface area contributed by atoms with Crippen molar-refractivity contribution >= 4 is 32.6 Å². The van der Waals surface area contributed by atoms with E-state index in [9.17, 15) is 0 Å². The number of benzene rings is 8. The minimum atomic E-state index is 0.434. The van der Waals surface area contributed by atoms with Gasteiger partial charge in [-0.25, -0.2) is 4.98 Å². The van der Waals surface area contributed by atoms with Gasteiger partial charge in [-0.2, -0.15) is 0 Å². The summed E-state index contributed by atoms with van der Waals surface area (Å²) in [5.74, 6) is 1.37. The van der Waals surface area contributed by atoms with Gasteiger partial charge in [-0.1, -0.05) is 159 Å². The van der Waals surface area contributed by atoms with E-state index in [2.05, 4.69) is 194 Å². The van der Waals surface area contributed by atoms with Crippen LogP contribution in [0.4, 0.5) is 0 Å². The van der Waals surface area contributed by atoms with E-state index >= 15 is 0 Å². The molecule has 0 amide bonds. The third-order valence-electron chi connectivity index (χ3n) is 9.97. The molecule has 0 atom stereocenters. The molecule has 0 bridgehead atoms. The summed E-state index contributed by atoms with van der Waals surface area (Å²) in [6.45, 7) is 4.55. The van der Waals surface area contributed by atoms with Gasteiger partial charge >= 0.3 is 0 Å². The van der Waals surface area contributed by atoms with Crippen LogP contribution in [0.5, 0.6) is 0 Å². The molecular weight excluding hydrogens is 605 g/mol. The van der Waals surface area contributed by atoms with Crippen LogP contribution >= 0.6 is 0 Å². The standard InChI is InChI=1S/C48H36N2/c1-32(2)36-23-26-40-42(29-36)46(33-15-7-3-8-16-33)41-27-24-37(30-43(41)47(40)34-17-9-4-10-18-34)38-25-28-45-44(31-38)49-48(35-19-11-5-12-20-35)50(45)39-21-13-6-14-22-39/h3-32H,1-2H3. The van der Waals surface area contributed by atoms with Crippen molar-refractivity contribution < 1.29 is 0 Å². The second-order valence-electron chi connectivity index (χ2n) is 13.4. The van der Waals surface area contributed by atoms with E-state index in [-0.39, 0.29) is 0 Å². The van der Waals surface area contributed by atoms with Crippen molar-refractivity contribution in [3.05, 3.63) is 181 Å². The SMILES string of the molecule is CC(C)c1ccc2c(-c3ccccc3)c3cc(-c4ccc5c(c4)nc(-c4ccccc4)n5-c4ccccc4)ccc3c(-c3ccccc3)c2c1. The lowest BCUT2D eigenvalue weighted by molar-refractivity contribution is 0.869. The van der Waals surface area contributed by atoms with Crippen LogP contribution in [0.2, 0.25) is 0 Å². The lowest BCUT2D eigenvalue weighted by atomic mass is 9.83. The first-order valence-corrected chi connectivity index (χ1v) is 17.4. The largest absolute Gasteiger partial charge is 0.292 e. The third kappa shape index (κ3) is 5.09. The minimum Gasteiger partial charge on any atom is -0.292 e. The van der Waals surface area contributed by atoms with Gasteiger partial charge in [-0.3, -0.25) is 4.57 Å². The van der Waals surface area contributed by atoms with Gasteiger partial charge in [0.2, 0.25) is 0 Å². The van der Waals surface area contributed by atoms with Crippen molar-refractivity contribution in [3.8, 4) is 50.5 Å². The van der Waals surface area contributed by atoms with Crippen LogP contribution < -0.4 is 0 Å². The van der Waals surface area contributed by atoms with Crippen LogP contribution in [0, 0.1) is 0 Å². The van der Waals surface area contributed by atoms with E-state index in [0.29, 0.717) is 5.92 Å². The predicted molar refractivity (Wildman–Crippen MR) is 212 cm³/mol. The van der Waals surface area contributed by atoms with E-state index in [1.807, 2.05) is 0 Å². The molecule has 0 aliphatic heterocycles. The molecule has 8 aromatic carbocycles. The van der Waals surface area contributed by atoms with Crippen molar-refractivity contribution in [2.75, 3.05) is 0 Å². The molecule has 9 rings (SSSR count). The maximum Gasteiger partial charge on any atom is 0.145 e. The van der Waals surface area contributed by atoms with Crippen LogP contribution in [-0.4, -0.2) is 9.55 Å². The molecule has 0 fully saturated rings. The van der Waals surface area contributed by atoms with Crippen LogP contribution in [-0.2, 0) is 0 Å². The number of hydrogen-bond acceptors (Lipinski definition) is 1. The van der Waals surface area contributed by atoms with Crippen LogP contribution in [0.15, 0.2) is 176 Å². The Kier molecular flexibility index (Phi) is 7.36. The van der Waals surface area contributed by atoms with Crippen molar-refractivity contribution in [1.82, 2.24) is 9.55 Å². The normalized spacial score (nSPS) is 11.6. The Labute approximate surface area is 292 Å². The zero-order valence-electron chi connectivity index (χ0n) is 28.2. The Balaban J connectivity index is 1.31. The first-order valence-electron chi connectivity index (χ1n) is 17.4. The van der Waals surface area contributed by atoms with Crippen molar-refractivity contribution in [2.24, 2.45) is 0 Å². The van der Waals surface area contributed by atoms with Gasteiger partial charge in [0.15, 0.2) is 0 Å². The summed E-state index contributed by atoms with van der Waals surface area (Å²) in [4.78, 5) is 5.25. The highest BCUT2D eigenvalue weighted by atomic mass is 15.1. The highest BCUT2D eigenvalue weighted by molar-refractivity contribution is 6.22. The fourth-order valence-corrected chi connectivity index (χ4v) is 7.50. The average Bonchev–Trinajstić information content (AvgIpc) is 3.57. The first kappa shape index (κ1) is 29.9. The van der Waals surface area contributed by atoms with Crippen LogP contribution in [0.1, 0.15) is 25.3 Å². The molecule has 0 aliphatic carbocycles. The van der Waals surface area contributed by atoms with Crippen molar-refractivity contribution in [3.63, 3.8) is 0 Å². The van der Waals surface area contributed by atoms with Crippen LogP contribution in [0.25, 0.3) is 83.0 Å². The molecule has 0 saturated heterocycles. The highest BCUT2D eigenvalue weighted by Crippen LogP contribution is 2.45. The summed E-state index contributed by atoms with van der Waals surface area (Å²) in [6, 6.07) is 63.6. The van der Waals surface area contributed by atoms with Gasteiger partial charge in [0.25, 0.3) is 0 Å². The molecule has 0 aliphatic rings. The van der Waals surface area contributed by atoms with E-state index in [0.717, 1.165) is 33.7 Å². The van der Waals surface area contributed by atoms with E-state index in [1.54, 1.807) is 0 Å². The molecule has 1 heterocycles. The molecule has 1 aromatic heterocycles. The van der Waals surface area contributed by atoms with Gasteiger partial charge in [0.05, 0.1) is 11.0 Å². The lowest BCUT2D eigenvalue weighted by Crippen LogP contribution is -1.97. The van der Waals surface area contributed by atoms with Crippen molar-refractivity contribution in [1.29, 1.82) is 0 Å². The number of aromatic nitrogens is 2. The van der Waals surface area contributed by atoms with Gasteiger partial charge in [-0.05, 0) is 96.7 Å². The zero-order valence-corrected chi connectivity index (χ0v) is 28.2. The molecule has 50 heavy (non-hydrogen) atoms.